The molecule has 2 heterocycles. The average molecular weight is 255 g/mol. The van der Waals surface area contributed by atoms with Gasteiger partial charge >= 0.3 is 0 Å². The first-order valence-corrected chi connectivity index (χ1v) is 5.60. The molecule has 0 saturated carbocycles. The van der Waals surface area contributed by atoms with E-state index in [1.54, 1.807) is 0 Å². The molecular formula is C12H15ClN2O2. The zero-order chi connectivity index (χ0) is 11.0. The van der Waals surface area contributed by atoms with E-state index >= 15 is 0 Å². The Kier molecular flexibility index (Phi) is 3.54. The number of hydrogen-bond donors (Lipinski definition) is 1. The Morgan fingerprint density at radius 1 is 1.35 bits per heavy atom. The Morgan fingerprint density at radius 2 is 2.18 bits per heavy atom. The van der Waals surface area contributed by atoms with Crippen LogP contribution in [0.2, 0.25) is 0 Å². The summed E-state index contributed by atoms with van der Waals surface area (Å²) in [6.07, 6.45) is 0. The van der Waals surface area contributed by atoms with E-state index in [0.717, 1.165) is 19.6 Å². The number of nitrogens with one attached hydrogen (secondary N) is 1. The highest BCUT2D eigenvalue weighted by molar-refractivity contribution is 5.97. The van der Waals surface area contributed by atoms with Crippen LogP contribution >= 0.6 is 12.4 Å². The molecule has 2 aliphatic rings. The Morgan fingerprint density at radius 3 is 3.06 bits per heavy atom. The third-order valence-corrected chi connectivity index (χ3v) is 3.16. The zero-order valence-corrected chi connectivity index (χ0v) is 10.2. The fraction of sp³-hybridized carbons (Fsp3) is 0.417. The molecule has 1 aromatic rings. The first-order valence-electron chi connectivity index (χ1n) is 5.60. The predicted molar refractivity (Wildman–Crippen MR) is 66.9 cm³/mol. The van der Waals surface area contributed by atoms with Crippen molar-refractivity contribution in [1.82, 2.24) is 10.2 Å². The normalized spacial score (nSPS) is 22.7. The van der Waals surface area contributed by atoms with Gasteiger partial charge in [0.05, 0.1) is 11.6 Å². The topological polar surface area (TPSA) is 41.6 Å². The predicted octanol–water partition coefficient (Wildman–Crippen LogP) is 0.915. The van der Waals surface area contributed by atoms with Gasteiger partial charge in [-0.15, -0.1) is 12.4 Å². The lowest BCUT2D eigenvalue weighted by Gasteiger charge is -2.33. The lowest BCUT2D eigenvalue weighted by atomic mass is 10.1. The summed E-state index contributed by atoms with van der Waals surface area (Å²) in [4.78, 5) is 14.2. The number of benzene rings is 1. The van der Waals surface area contributed by atoms with Crippen LogP contribution in [-0.2, 0) is 0 Å². The van der Waals surface area contributed by atoms with Crippen molar-refractivity contribution in [3.8, 4) is 5.75 Å². The van der Waals surface area contributed by atoms with Crippen molar-refractivity contribution in [3.05, 3.63) is 29.8 Å². The summed E-state index contributed by atoms with van der Waals surface area (Å²) in [7, 11) is 0. The molecule has 0 radical (unpaired) electrons. The van der Waals surface area contributed by atoms with Gasteiger partial charge in [-0.1, -0.05) is 12.1 Å². The van der Waals surface area contributed by atoms with Gasteiger partial charge in [-0.25, -0.2) is 0 Å². The molecule has 0 aromatic heterocycles. The summed E-state index contributed by atoms with van der Waals surface area (Å²) in [5.41, 5.74) is 0.687. The Bertz CT molecular complexity index is 425. The number of fused-ring (bicyclic) bond motifs is 2. The van der Waals surface area contributed by atoms with Crippen LogP contribution < -0.4 is 10.1 Å². The molecule has 5 heteroatoms. The van der Waals surface area contributed by atoms with E-state index in [1.165, 1.54) is 0 Å². The summed E-state index contributed by atoms with van der Waals surface area (Å²) < 4.78 is 5.69. The van der Waals surface area contributed by atoms with E-state index in [1.807, 2.05) is 29.2 Å². The van der Waals surface area contributed by atoms with Crippen LogP contribution in [-0.4, -0.2) is 43.1 Å². The van der Waals surface area contributed by atoms with Gasteiger partial charge in [-0.2, -0.15) is 0 Å². The SMILES string of the molecule is Cl.O=C1c2ccccc2OCC2CNCCN12. The van der Waals surface area contributed by atoms with Crippen molar-refractivity contribution in [2.24, 2.45) is 0 Å². The fourth-order valence-corrected chi connectivity index (χ4v) is 2.29. The largest absolute Gasteiger partial charge is 0.491 e. The molecule has 92 valence electrons. The average Bonchev–Trinajstić information content (AvgIpc) is 2.49. The first kappa shape index (κ1) is 12.2. The molecule has 1 amide bonds. The summed E-state index contributed by atoms with van der Waals surface area (Å²) in [6, 6.07) is 7.63. The highest BCUT2D eigenvalue weighted by Gasteiger charge is 2.32. The van der Waals surface area contributed by atoms with E-state index in [9.17, 15) is 4.79 Å². The molecule has 3 rings (SSSR count). The lowest BCUT2D eigenvalue weighted by Crippen LogP contribution is -2.54. The quantitative estimate of drug-likeness (QED) is 0.749. The monoisotopic (exact) mass is 254 g/mol. The Labute approximate surface area is 106 Å². The van der Waals surface area contributed by atoms with Crippen molar-refractivity contribution >= 4 is 18.3 Å². The second-order valence-corrected chi connectivity index (χ2v) is 4.16. The second kappa shape index (κ2) is 4.94. The van der Waals surface area contributed by atoms with Gasteiger partial charge in [0.15, 0.2) is 0 Å². The number of piperazine rings is 1. The highest BCUT2D eigenvalue weighted by Crippen LogP contribution is 2.25. The molecule has 17 heavy (non-hydrogen) atoms. The van der Waals surface area contributed by atoms with Crippen LogP contribution in [0.15, 0.2) is 24.3 Å². The van der Waals surface area contributed by atoms with Gasteiger partial charge in [-0.3, -0.25) is 4.79 Å². The minimum atomic E-state index is 0. The van der Waals surface area contributed by atoms with Crippen molar-refractivity contribution < 1.29 is 9.53 Å². The van der Waals surface area contributed by atoms with Crippen LogP contribution in [0, 0.1) is 0 Å². The van der Waals surface area contributed by atoms with E-state index in [0.29, 0.717) is 17.9 Å². The van der Waals surface area contributed by atoms with Gasteiger partial charge in [-0.05, 0) is 12.1 Å². The zero-order valence-electron chi connectivity index (χ0n) is 9.39. The maximum atomic E-state index is 12.3. The second-order valence-electron chi connectivity index (χ2n) is 4.16. The molecule has 1 fully saturated rings. The summed E-state index contributed by atoms with van der Waals surface area (Å²) in [5, 5.41) is 3.29. The third kappa shape index (κ3) is 2.10. The molecule has 1 aromatic carbocycles. The molecule has 0 spiro atoms. The smallest absolute Gasteiger partial charge is 0.258 e. The molecule has 1 unspecified atom stereocenters. The van der Waals surface area contributed by atoms with E-state index < -0.39 is 0 Å². The standard InChI is InChI=1S/C12H14N2O2.ClH/c15-12-10-3-1-2-4-11(10)16-8-9-7-13-5-6-14(9)12;/h1-4,9,13H,5-8H2;1H. The van der Waals surface area contributed by atoms with E-state index in [4.69, 9.17) is 4.74 Å². The van der Waals surface area contributed by atoms with Crippen LogP contribution in [0.4, 0.5) is 0 Å². The maximum absolute atomic E-state index is 12.3. The van der Waals surface area contributed by atoms with Gasteiger partial charge < -0.3 is 15.0 Å². The van der Waals surface area contributed by atoms with Gasteiger partial charge in [0, 0.05) is 19.6 Å². The Balaban J connectivity index is 0.00000108. The molecule has 4 nitrogen and oxygen atoms in total. The molecule has 0 bridgehead atoms. The number of hydrogen-bond acceptors (Lipinski definition) is 3. The number of amides is 1. The third-order valence-electron chi connectivity index (χ3n) is 3.16. The Hall–Kier alpha value is -1.26. The highest BCUT2D eigenvalue weighted by atomic mass is 35.5. The number of carbonyl (C=O) groups excluding carboxylic acids is 1. The molecule has 1 atom stereocenters. The van der Waals surface area contributed by atoms with E-state index in [2.05, 4.69) is 5.32 Å². The summed E-state index contributed by atoms with van der Waals surface area (Å²) in [5.74, 6) is 0.807. The minimum absolute atomic E-state index is 0. The van der Waals surface area contributed by atoms with Gasteiger partial charge in [0.25, 0.3) is 5.91 Å². The lowest BCUT2D eigenvalue weighted by molar-refractivity contribution is 0.0606. The minimum Gasteiger partial charge on any atom is -0.491 e. The maximum Gasteiger partial charge on any atom is 0.258 e. The number of para-hydroxylation sites is 1. The molecular weight excluding hydrogens is 240 g/mol. The van der Waals surface area contributed by atoms with Gasteiger partial charge in [0.1, 0.15) is 12.4 Å². The fourth-order valence-electron chi connectivity index (χ4n) is 2.29. The van der Waals surface area contributed by atoms with E-state index in [-0.39, 0.29) is 24.4 Å². The van der Waals surface area contributed by atoms with Gasteiger partial charge in [0.2, 0.25) is 0 Å². The van der Waals surface area contributed by atoms with Crippen molar-refractivity contribution in [1.29, 1.82) is 0 Å². The first-order chi connectivity index (χ1) is 7.86. The number of nitrogens with zero attached hydrogens (tertiary/aromatic N) is 1. The number of halogens is 1. The van der Waals surface area contributed by atoms with Crippen molar-refractivity contribution in [2.45, 2.75) is 6.04 Å². The van der Waals surface area contributed by atoms with Crippen LogP contribution in [0.25, 0.3) is 0 Å². The number of carbonyl (C=O) groups is 1. The van der Waals surface area contributed by atoms with Crippen molar-refractivity contribution in [3.63, 3.8) is 0 Å². The molecule has 1 N–H and O–H groups in total. The van der Waals surface area contributed by atoms with Crippen LogP contribution in [0.5, 0.6) is 5.75 Å². The number of ether oxygens (including phenoxy) is 1. The summed E-state index contributed by atoms with van der Waals surface area (Å²) >= 11 is 0. The molecule has 2 aliphatic heterocycles. The number of rotatable bonds is 0. The van der Waals surface area contributed by atoms with Crippen LogP contribution in [0.1, 0.15) is 10.4 Å². The molecule has 1 saturated heterocycles. The van der Waals surface area contributed by atoms with Crippen LogP contribution in [0.3, 0.4) is 0 Å². The van der Waals surface area contributed by atoms with Crippen molar-refractivity contribution in [2.75, 3.05) is 26.2 Å². The summed E-state index contributed by atoms with van der Waals surface area (Å²) in [6.45, 7) is 3.03. The molecule has 0 aliphatic carbocycles.